The van der Waals surface area contributed by atoms with Crippen LogP contribution in [0.15, 0.2) is 29.4 Å². The first-order valence-electron chi connectivity index (χ1n) is 7.15. The van der Waals surface area contributed by atoms with Gasteiger partial charge in [-0.05, 0) is 24.3 Å². The minimum Gasteiger partial charge on any atom is -0.409 e. The number of nitrogens with zero attached hydrogens (tertiary/aromatic N) is 1. The molecule has 0 heterocycles. The molecule has 2 unspecified atom stereocenters. The van der Waals surface area contributed by atoms with Crippen LogP contribution in [0.5, 0.6) is 0 Å². The molecule has 2 atom stereocenters. The number of nitrogens with one attached hydrogen (secondary N) is 1. The van der Waals surface area contributed by atoms with E-state index in [1.165, 1.54) is 12.8 Å². The zero-order valence-corrected chi connectivity index (χ0v) is 11.6. The summed E-state index contributed by atoms with van der Waals surface area (Å²) in [6, 6.07) is 8.03. The SMILES string of the molecule is N/C(=N/O)c1ccc(CNC2CCCCC2CO)cc1. The first kappa shape index (κ1) is 14.8. The summed E-state index contributed by atoms with van der Waals surface area (Å²) in [6.07, 6.45) is 4.69. The number of amidine groups is 1. The summed E-state index contributed by atoms with van der Waals surface area (Å²) in [5.74, 6) is 0.498. The van der Waals surface area contributed by atoms with Crippen molar-refractivity contribution < 1.29 is 10.3 Å². The Morgan fingerprint density at radius 2 is 1.95 bits per heavy atom. The van der Waals surface area contributed by atoms with Crippen LogP contribution in [0.1, 0.15) is 36.8 Å². The Labute approximate surface area is 119 Å². The largest absolute Gasteiger partial charge is 0.409 e. The fraction of sp³-hybridized carbons (Fsp3) is 0.533. The molecule has 1 saturated carbocycles. The van der Waals surface area contributed by atoms with E-state index in [1.54, 1.807) is 0 Å². The Hall–Kier alpha value is -1.59. The highest BCUT2D eigenvalue weighted by molar-refractivity contribution is 5.96. The van der Waals surface area contributed by atoms with Gasteiger partial charge in [0.15, 0.2) is 5.84 Å². The normalized spacial score (nSPS) is 23.8. The van der Waals surface area contributed by atoms with E-state index >= 15 is 0 Å². The predicted molar refractivity (Wildman–Crippen MR) is 78.6 cm³/mol. The Kier molecular flexibility index (Phi) is 5.38. The highest BCUT2D eigenvalue weighted by Crippen LogP contribution is 2.24. The van der Waals surface area contributed by atoms with Crippen molar-refractivity contribution in [2.24, 2.45) is 16.8 Å². The third kappa shape index (κ3) is 3.71. The third-order valence-electron chi connectivity index (χ3n) is 4.07. The molecule has 0 aromatic heterocycles. The molecule has 0 radical (unpaired) electrons. The summed E-state index contributed by atoms with van der Waals surface area (Å²) in [5, 5.41) is 24.5. The minimum atomic E-state index is 0.122. The fourth-order valence-corrected chi connectivity index (χ4v) is 2.79. The van der Waals surface area contributed by atoms with Gasteiger partial charge >= 0.3 is 0 Å². The van der Waals surface area contributed by atoms with Gasteiger partial charge in [0, 0.05) is 24.8 Å². The van der Waals surface area contributed by atoms with Crippen molar-refractivity contribution in [3.8, 4) is 0 Å². The molecule has 0 bridgehead atoms. The van der Waals surface area contributed by atoms with Gasteiger partial charge in [-0.15, -0.1) is 0 Å². The molecule has 110 valence electrons. The summed E-state index contributed by atoms with van der Waals surface area (Å²) in [4.78, 5) is 0. The van der Waals surface area contributed by atoms with Gasteiger partial charge in [-0.2, -0.15) is 0 Å². The second-order valence-electron chi connectivity index (χ2n) is 5.40. The van der Waals surface area contributed by atoms with Gasteiger partial charge in [-0.25, -0.2) is 0 Å². The van der Waals surface area contributed by atoms with Crippen molar-refractivity contribution in [1.82, 2.24) is 5.32 Å². The lowest BCUT2D eigenvalue weighted by Crippen LogP contribution is -2.39. The summed E-state index contributed by atoms with van der Waals surface area (Å²) >= 11 is 0. The Balaban J connectivity index is 1.90. The average molecular weight is 277 g/mol. The summed E-state index contributed by atoms with van der Waals surface area (Å²) < 4.78 is 0. The van der Waals surface area contributed by atoms with Gasteiger partial charge in [-0.3, -0.25) is 0 Å². The number of nitrogens with two attached hydrogens (primary N) is 1. The molecule has 1 fully saturated rings. The zero-order valence-electron chi connectivity index (χ0n) is 11.6. The van der Waals surface area contributed by atoms with Crippen LogP contribution < -0.4 is 11.1 Å². The zero-order chi connectivity index (χ0) is 14.4. The van der Waals surface area contributed by atoms with Gasteiger partial charge in [0.25, 0.3) is 0 Å². The number of rotatable bonds is 5. The van der Waals surface area contributed by atoms with Gasteiger partial charge < -0.3 is 21.4 Å². The lowest BCUT2D eigenvalue weighted by molar-refractivity contribution is 0.152. The fourth-order valence-electron chi connectivity index (χ4n) is 2.79. The maximum Gasteiger partial charge on any atom is 0.170 e. The number of aliphatic hydroxyl groups excluding tert-OH is 1. The smallest absolute Gasteiger partial charge is 0.170 e. The Morgan fingerprint density at radius 3 is 2.60 bits per heavy atom. The van der Waals surface area contributed by atoms with Crippen LogP contribution in [-0.4, -0.2) is 28.8 Å². The van der Waals surface area contributed by atoms with E-state index in [9.17, 15) is 5.11 Å². The molecule has 0 amide bonds. The highest BCUT2D eigenvalue weighted by Gasteiger charge is 2.23. The maximum atomic E-state index is 9.39. The van der Waals surface area contributed by atoms with Crippen LogP contribution >= 0.6 is 0 Å². The second kappa shape index (κ2) is 7.26. The van der Waals surface area contributed by atoms with E-state index in [1.807, 2.05) is 24.3 Å². The van der Waals surface area contributed by atoms with E-state index in [0.29, 0.717) is 17.5 Å². The monoisotopic (exact) mass is 277 g/mol. The molecule has 20 heavy (non-hydrogen) atoms. The summed E-state index contributed by atoms with van der Waals surface area (Å²) in [7, 11) is 0. The van der Waals surface area contributed by atoms with Crippen molar-refractivity contribution in [2.45, 2.75) is 38.3 Å². The van der Waals surface area contributed by atoms with Crippen LogP contribution in [0.4, 0.5) is 0 Å². The van der Waals surface area contributed by atoms with Crippen molar-refractivity contribution in [1.29, 1.82) is 0 Å². The molecule has 1 aromatic carbocycles. The molecule has 2 rings (SSSR count). The number of oxime groups is 1. The van der Waals surface area contributed by atoms with Crippen molar-refractivity contribution in [2.75, 3.05) is 6.61 Å². The molecule has 5 N–H and O–H groups in total. The van der Waals surface area contributed by atoms with E-state index in [-0.39, 0.29) is 12.4 Å². The number of hydrogen-bond donors (Lipinski definition) is 4. The van der Waals surface area contributed by atoms with Crippen molar-refractivity contribution in [3.05, 3.63) is 35.4 Å². The molecule has 0 aliphatic heterocycles. The number of hydrogen-bond acceptors (Lipinski definition) is 4. The van der Waals surface area contributed by atoms with Crippen molar-refractivity contribution in [3.63, 3.8) is 0 Å². The number of benzene rings is 1. The van der Waals surface area contributed by atoms with Crippen LogP contribution in [0.3, 0.4) is 0 Å². The van der Waals surface area contributed by atoms with E-state index < -0.39 is 0 Å². The van der Waals surface area contributed by atoms with Crippen LogP contribution in [0.2, 0.25) is 0 Å². The number of aliphatic hydroxyl groups is 1. The van der Waals surface area contributed by atoms with E-state index in [0.717, 1.165) is 24.9 Å². The van der Waals surface area contributed by atoms with Crippen LogP contribution in [0, 0.1) is 5.92 Å². The maximum absolute atomic E-state index is 9.39. The lowest BCUT2D eigenvalue weighted by Gasteiger charge is -2.31. The molecule has 5 nitrogen and oxygen atoms in total. The van der Waals surface area contributed by atoms with Gasteiger partial charge in [0.1, 0.15) is 0 Å². The molecule has 1 aliphatic carbocycles. The highest BCUT2D eigenvalue weighted by atomic mass is 16.4. The molecule has 1 aliphatic rings. The average Bonchev–Trinajstić information content (AvgIpc) is 2.53. The molecule has 1 aromatic rings. The Bertz CT molecular complexity index is 445. The van der Waals surface area contributed by atoms with Gasteiger partial charge in [0.2, 0.25) is 0 Å². The van der Waals surface area contributed by atoms with E-state index in [2.05, 4.69) is 10.5 Å². The second-order valence-corrected chi connectivity index (χ2v) is 5.40. The summed E-state index contributed by atoms with van der Waals surface area (Å²) in [6.45, 7) is 1.04. The van der Waals surface area contributed by atoms with Gasteiger partial charge in [-0.1, -0.05) is 42.3 Å². The molecular weight excluding hydrogens is 254 g/mol. The van der Waals surface area contributed by atoms with Crippen LogP contribution in [-0.2, 0) is 6.54 Å². The minimum absolute atomic E-state index is 0.122. The summed E-state index contributed by atoms with van der Waals surface area (Å²) in [5.41, 5.74) is 7.39. The topological polar surface area (TPSA) is 90.9 Å². The molecule has 0 spiro atoms. The predicted octanol–water partition coefficient (Wildman–Crippen LogP) is 1.42. The van der Waals surface area contributed by atoms with E-state index in [4.69, 9.17) is 10.9 Å². The first-order valence-corrected chi connectivity index (χ1v) is 7.15. The molecular formula is C15H23N3O2. The molecule has 0 saturated heterocycles. The molecule has 5 heteroatoms. The van der Waals surface area contributed by atoms with Crippen molar-refractivity contribution >= 4 is 5.84 Å². The first-order chi connectivity index (χ1) is 9.74. The third-order valence-corrected chi connectivity index (χ3v) is 4.07. The quantitative estimate of drug-likeness (QED) is 0.283. The van der Waals surface area contributed by atoms with Crippen LogP contribution in [0.25, 0.3) is 0 Å². The van der Waals surface area contributed by atoms with Gasteiger partial charge in [0.05, 0.1) is 0 Å². The Morgan fingerprint density at radius 1 is 1.25 bits per heavy atom. The lowest BCUT2D eigenvalue weighted by atomic mass is 9.85. The standard InChI is InChI=1S/C15H23N3O2/c16-15(18-20)12-7-5-11(6-8-12)9-17-14-4-2-1-3-13(14)10-19/h5-8,13-14,17,19-20H,1-4,9-10H2,(H2,16,18).